The quantitative estimate of drug-likeness (QED) is 0.0525. The minimum atomic E-state index is 0. The Morgan fingerprint density at radius 2 is 0.667 bits per heavy atom. The van der Waals surface area contributed by atoms with Crippen molar-refractivity contribution in [1.29, 1.82) is 0 Å². The topological polar surface area (TPSA) is 0 Å². The molecular formula is C37H70ClP. The predicted molar refractivity (Wildman–Crippen MR) is 186 cm³/mol. The fourth-order valence-electron chi connectivity index (χ4n) is 6.09. The van der Waals surface area contributed by atoms with Crippen molar-refractivity contribution < 1.29 is 0 Å². The Morgan fingerprint density at radius 1 is 0.385 bits per heavy atom. The molecule has 39 heavy (non-hydrogen) atoms. The fraction of sp³-hybridized carbons (Fsp3) is 0.838. The second kappa shape index (κ2) is 29.4. The molecular weight excluding hydrogens is 511 g/mol. The monoisotopic (exact) mass is 580 g/mol. The van der Waals surface area contributed by atoms with Gasteiger partial charge in [-0.15, -0.1) is 11.6 Å². The summed E-state index contributed by atoms with van der Waals surface area (Å²) in [6.45, 7) is 6.93. The lowest BCUT2D eigenvalue weighted by Gasteiger charge is -2.19. The van der Waals surface area contributed by atoms with Crippen molar-refractivity contribution in [2.75, 3.05) is 0 Å². The van der Waals surface area contributed by atoms with Crippen molar-refractivity contribution in [3.8, 4) is 0 Å². The standard InChI is InChI=1S/C37H67Cl.H3P/c1-4-7-10-13-16-19-22-25-28-34-31-32-35(33-38)37(30-27-24-21-18-15-12-9-6-3)36(34)29-26-23-20-17-14-11-8-5-2;/h31-32H,4-30,33H2,1-3H3;1H3. The molecule has 0 radical (unpaired) electrons. The van der Waals surface area contributed by atoms with Gasteiger partial charge in [-0.2, -0.15) is 9.90 Å². The van der Waals surface area contributed by atoms with Gasteiger partial charge in [-0.25, -0.2) is 0 Å². The van der Waals surface area contributed by atoms with E-state index in [4.69, 9.17) is 11.6 Å². The van der Waals surface area contributed by atoms with Gasteiger partial charge in [0.1, 0.15) is 0 Å². The average molecular weight is 581 g/mol. The maximum absolute atomic E-state index is 6.51. The Labute approximate surface area is 255 Å². The number of aryl methyl sites for hydroxylation is 1. The Hall–Kier alpha value is -0.0600. The number of hydrogen-bond donors (Lipinski definition) is 0. The number of halogens is 1. The Kier molecular flexibility index (Phi) is 29.4. The first-order valence-corrected chi connectivity index (χ1v) is 18.0. The van der Waals surface area contributed by atoms with Crippen LogP contribution in [0.5, 0.6) is 0 Å². The van der Waals surface area contributed by atoms with Crippen molar-refractivity contribution >= 4 is 21.5 Å². The molecule has 230 valence electrons. The molecule has 0 aliphatic rings. The molecule has 0 saturated carbocycles. The molecule has 0 amide bonds. The summed E-state index contributed by atoms with van der Waals surface area (Å²) in [4.78, 5) is 0. The van der Waals surface area contributed by atoms with Gasteiger partial charge in [0.25, 0.3) is 0 Å². The Morgan fingerprint density at radius 3 is 1.03 bits per heavy atom. The molecule has 0 aliphatic heterocycles. The van der Waals surface area contributed by atoms with E-state index in [1.165, 1.54) is 179 Å². The molecule has 0 saturated heterocycles. The van der Waals surface area contributed by atoms with Crippen LogP contribution in [0, 0.1) is 0 Å². The Balaban J connectivity index is 0.0000144. The average Bonchev–Trinajstić information content (AvgIpc) is 2.93. The van der Waals surface area contributed by atoms with Crippen molar-refractivity contribution in [3.05, 3.63) is 34.4 Å². The molecule has 0 nitrogen and oxygen atoms in total. The third-order valence-electron chi connectivity index (χ3n) is 8.63. The molecule has 1 aromatic rings. The molecule has 0 aliphatic carbocycles. The van der Waals surface area contributed by atoms with Crippen LogP contribution in [0.15, 0.2) is 12.1 Å². The zero-order valence-corrected chi connectivity index (χ0v) is 29.2. The van der Waals surface area contributed by atoms with Crippen molar-refractivity contribution in [2.45, 2.75) is 200 Å². The highest BCUT2D eigenvalue weighted by Gasteiger charge is 2.13. The first-order chi connectivity index (χ1) is 18.8. The van der Waals surface area contributed by atoms with E-state index in [0.29, 0.717) is 5.88 Å². The van der Waals surface area contributed by atoms with Gasteiger partial charge in [-0.1, -0.05) is 168 Å². The summed E-state index contributed by atoms with van der Waals surface area (Å²) in [7, 11) is 0. The van der Waals surface area contributed by atoms with Crippen molar-refractivity contribution in [1.82, 2.24) is 0 Å². The maximum Gasteiger partial charge on any atom is 0.0476 e. The van der Waals surface area contributed by atoms with Crippen molar-refractivity contribution in [3.63, 3.8) is 0 Å². The summed E-state index contributed by atoms with van der Waals surface area (Å²) in [5.74, 6) is 0.675. The molecule has 0 aromatic heterocycles. The van der Waals surface area contributed by atoms with Crippen molar-refractivity contribution in [2.24, 2.45) is 0 Å². The van der Waals surface area contributed by atoms with E-state index < -0.39 is 0 Å². The molecule has 0 N–H and O–H groups in total. The Bertz CT molecular complexity index is 641. The smallest absolute Gasteiger partial charge is 0.0476 e. The van der Waals surface area contributed by atoms with Gasteiger partial charge in [0.2, 0.25) is 0 Å². The third-order valence-corrected chi connectivity index (χ3v) is 8.92. The highest BCUT2D eigenvalue weighted by Crippen LogP contribution is 2.27. The molecule has 2 heteroatoms. The van der Waals surface area contributed by atoms with E-state index in [9.17, 15) is 0 Å². The summed E-state index contributed by atoms with van der Waals surface area (Å²) in [5, 5.41) is 0. The predicted octanol–water partition coefficient (Wildman–Crippen LogP) is 13.5. The number of rotatable bonds is 28. The van der Waals surface area contributed by atoms with Gasteiger partial charge >= 0.3 is 0 Å². The van der Waals surface area contributed by atoms with Crippen LogP contribution in [-0.4, -0.2) is 0 Å². The minimum absolute atomic E-state index is 0. The zero-order chi connectivity index (χ0) is 27.5. The fourth-order valence-corrected chi connectivity index (χ4v) is 6.34. The van der Waals surface area contributed by atoms with Gasteiger partial charge in [0.05, 0.1) is 0 Å². The minimum Gasteiger partial charge on any atom is -0.153 e. The van der Waals surface area contributed by atoms with E-state index >= 15 is 0 Å². The maximum atomic E-state index is 6.51. The number of alkyl halides is 1. The van der Waals surface area contributed by atoms with Crippen LogP contribution < -0.4 is 0 Å². The van der Waals surface area contributed by atoms with E-state index in [0.717, 1.165) is 0 Å². The summed E-state index contributed by atoms with van der Waals surface area (Å²) >= 11 is 6.51. The molecule has 0 bridgehead atoms. The number of benzene rings is 1. The van der Waals surface area contributed by atoms with Crippen LogP contribution in [0.1, 0.15) is 197 Å². The highest BCUT2D eigenvalue weighted by atomic mass is 35.5. The van der Waals surface area contributed by atoms with Crippen LogP contribution in [0.2, 0.25) is 0 Å². The summed E-state index contributed by atoms with van der Waals surface area (Å²) in [6, 6.07) is 4.83. The van der Waals surface area contributed by atoms with Crippen LogP contribution >= 0.6 is 21.5 Å². The number of hydrogen-bond acceptors (Lipinski definition) is 0. The zero-order valence-electron chi connectivity index (χ0n) is 27.0. The highest BCUT2D eigenvalue weighted by molar-refractivity contribution is 6.92. The molecule has 0 fully saturated rings. The molecule has 1 aromatic carbocycles. The van der Waals surface area contributed by atoms with E-state index in [2.05, 4.69) is 32.9 Å². The summed E-state index contributed by atoms with van der Waals surface area (Å²) < 4.78 is 0. The lowest BCUT2D eigenvalue weighted by atomic mass is 9.87. The third kappa shape index (κ3) is 20.5. The van der Waals surface area contributed by atoms with Crippen LogP contribution in [-0.2, 0) is 25.1 Å². The van der Waals surface area contributed by atoms with Crippen LogP contribution in [0.4, 0.5) is 0 Å². The lowest BCUT2D eigenvalue weighted by Crippen LogP contribution is -2.05. The first-order valence-electron chi connectivity index (χ1n) is 17.5. The van der Waals surface area contributed by atoms with Gasteiger partial charge < -0.3 is 0 Å². The van der Waals surface area contributed by atoms with Gasteiger partial charge in [0.15, 0.2) is 0 Å². The van der Waals surface area contributed by atoms with E-state index in [1.54, 1.807) is 16.7 Å². The van der Waals surface area contributed by atoms with Gasteiger partial charge in [-0.05, 0) is 60.8 Å². The molecule has 1 rings (SSSR count). The summed E-state index contributed by atoms with van der Waals surface area (Å²) in [5.41, 5.74) is 6.43. The molecule has 0 heterocycles. The molecule has 1 atom stereocenters. The lowest BCUT2D eigenvalue weighted by molar-refractivity contribution is 0.566. The van der Waals surface area contributed by atoms with Gasteiger partial charge in [-0.3, -0.25) is 0 Å². The van der Waals surface area contributed by atoms with Crippen LogP contribution in [0.25, 0.3) is 0 Å². The second-order valence-electron chi connectivity index (χ2n) is 12.1. The van der Waals surface area contributed by atoms with E-state index in [-0.39, 0.29) is 9.90 Å². The number of unbranched alkanes of at least 4 members (excludes halogenated alkanes) is 21. The van der Waals surface area contributed by atoms with E-state index in [1.807, 2.05) is 0 Å². The normalized spacial score (nSPS) is 11.2. The summed E-state index contributed by atoms with van der Waals surface area (Å²) in [6.07, 6.45) is 37.4. The van der Waals surface area contributed by atoms with Gasteiger partial charge in [0, 0.05) is 5.88 Å². The molecule has 1 unspecified atom stereocenters. The van der Waals surface area contributed by atoms with Crippen LogP contribution in [0.3, 0.4) is 0 Å². The molecule has 0 spiro atoms. The SMILES string of the molecule is CCCCCCCCCCc1ccc(CCl)c(CCCCCCCCCC)c1CCCCCCCCCC.P. The first kappa shape index (κ1) is 38.9. The second-order valence-corrected chi connectivity index (χ2v) is 12.4. The largest absolute Gasteiger partial charge is 0.153 e.